The highest BCUT2D eigenvalue weighted by molar-refractivity contribution is 9.10. The number of thiophene rings is 1. The Kier molecular flexibility index (Phi) is 2.83. The van der Waals surface area contributed by atoms with Crippen molar-refractivity contribution in [2.24, 2.45) is 0 Å². The molecule has 0 aliphatic heterocycles. The number of hydrogen-bond acceptors (Lipinski definition) is 4. The zero-order valence-corrected chi connectivity index (χ0v) is 12.1. The van der Waals surface area contributed by atoms with Crippen LogP contribution in [0.1, 0.15) is 11.8 Å². The average Bonchev–Trinajstić information content (AvgIpc) is 2.92. The van der Waals surface area contributed by atoms with E-state index in [-0.39, 0.29) is 0 Å². The lowest BCUT2D eigenvalue weighted by atomic mass is 10.2. The Morgan fingerprint density at radius 3 is 2.94 bits per heavy atom. The molecule has 0 atom stereocenters. The Morgan fingerprint density at radius 2 is 2.22 bits per heavy atom. The van der Waals surface area contributed by atoms with Gasteiger partial charge in [0.15, 0.2) is 11.5 Å². The van der Waals surface area contributed by atoms with Crippen molar-refractivity contribution in [2.75, 3.05) is 5.73 Å². The van der Waals surface area contributed by atoms with Gasteiger partial charge in [-0.15, -0.1) is 21.5 Å². The number of fused-ring (bicyclic) bond motifs is 1. The number of halogens is 1. The van der Waals surface area contributed by atoms with Gasteiger partial charge < -0.3 is 5.73 Å². The number of aryl methyl sites for hydroxylation is 1. The Hall–Kier alpha value is -1.40. The number of aromatic nitrogens is 3. The maximum absolute atomic E-state index is 6.06. The van der Waals surface area contributed by atoms with Gasteiger partial charge in [-0.2, -0.15) is 0 Å². The van der Waals surface area contributed by atoms with Crippen LogP contribution < -0.4 is 5.73 Å². The van der Waals surface area contributed by atoms with E-state index in [1.54, 1.807) is 11.3 Å². The second-order valence-electron chi connectivity index (χ2n) is 3.94. The van der Waals surface area contributed by atoms with Crippen LogP contribution in [0.4, 0.5) is 5.00 Å². The minimum Gasteiger partial charge on any atom is -0.390 e. The summed E-state index contributed by atoms with van der Waals surface area (Å²) in [4.78, 5) is 1.26. The van der Waals surface area contributed by atoms with Crippen molar-refractivity contribution in [2.45, 2.75) is 13.3 Å². The fourth-order valence-electron chi connectivity index (χ4n) is 1.86. The van der Waals surface area contributed by atoms with E-state index in [4.69, 9.17) is 5.73 Å². The first kappa shape index (κ1) is 11.7. The summed E-state index contributed by atoms with van der Waals surface area (Å²) in [6.45, 7) is 2.12. The summed E-state index contributed by atoms with van der Waals surface area (Å²) in [6.07, 6.45) is 2.93. The van der Waals surface area contributed by atoms with Gasteiger partial charge >= 0.3 is 0 Å². The number of nitrogens with zero attached hydrogens (tertiary/aromatic N) is 3. The van der Waals surface area contributed by atoms with E-state index in [0.717, 1.165) is 32.9 Å². The van der Waals surface area contributed by atoms with Gasteiger partial charge in [-0.05, 0) is 40.5 Å². The fraction of sp³-hybridized carbons (Fsp3) is 0.167. The molecule has 6 heteroatoms. The molecular weight excluding hydrogens is 312 g/mol. The van der Waals surface area contributed by atoms with E-state index in [1.165, 1.54) is 4.88 Å². The molecule has 0 amide bonds. The predicted octanol–water partition coefficient (Wildman–Crippen LogP) is 3.36. The van der Waals surface area contributed by atoms with E-state index in [0.29, 0.717) is 0 Å². The van der Waals surface area contributed by atoms with Crippen LogP contribution in [-0.2, 0) is 6.42 Å². The van der Waals surface area contributed by atoms with Crippen LogP contribution in [-0.4, -0.2) is 14.6 Å². The Labute approximate surface area is 117 Å². The summed E-state index contributed by atoms with van der Waals surface area (Å²) in [5.41, 5.74) is 7.84. The van der Waals surface area contributed by atoms with Crippen molar-refractivity contribution in [3.8, 4) is 11.4 Å². The van der Waals surface area contributed by atoms with E-state index < -0.39 is 0 Å². The normalized spacial score (nSPS) is 11.2. The van der Waals surface area contributed by atoms with E-state index in [2.05, 4.69) is 39.1 Å². The number of hydrogen-bond donors (Lipinski definition) is 1. The van der Waals surface area contributed by atoms with Gasteiger partial charge in [-0.3, -0.25) is 4.40 Å². The molecule has 0 aliphatic carbocycles. The zero-order valence-electron chi connectivity index (χ0n) is 9.72. The lowest BCUT2D eigenvalue weighted by Crippen LogP contribution is -1.91. The maximum Gasteiger partial charge on any atom is 0.171 e. The molecule has 4 nitrogen and oxygen atoms in total. The molecule has 3 aromatic rings. The number of nitrogens with two attached hydrogens (primary N) is 1. The minimum absolute atomic E-state index is 0.791. The molecule has 18 heavy (non-hydrogen) atoms. The molecule has 3 aromatic heterocycles. The van der Waals surface area contributed by atoms with Crippen LogP contribution in [0, 0.1) is 0 Å². The van der Waals surface area contributed by atoms with Crippen LogP contribution in [0.5, 0.6) is 0 Å². The highest BCUT2D eigenvalue weighted by Gasteiger charge is 2.14. The zero-order chi connectivity index (χ0) is 12.7. The number of rotatable bonds is 2. The molecule has 0 aromatic carbocycles. The summed E-state index contributed by atoms with van der Waals surface area (Å²) in [5, 5.41) is 9.18. The highest BCUT2D eigenvalue weighted by Crippen LogP contribution is 2.33. The van der Waals surface area contributed by atoms with Crippen LogP contribution in [0.2, 0.25) is 0 Å². The molecule has 92 valence electrons. The quantitative estimate of drug-likeness (QED) is 0.787. The van der Waals surface area contributed by atoms with Crippen LogP contribution >= 0.6 is 27.3 Å². The molecule has 0 fully saturated rings. The van der Waals surface area contributed by atoms with Crippen molar-refractivity contribution in [3.05, 3.63) is 33.7 Å². The molecule has 0 spiro atoms. The Bertz CT molecular complexity index is 716. The van der Waals surface area contributed by atoms with Crippen LogP contribution in [0.15, 0.2) is 28.9 Å². The summed E-state index contributed by atoms with van der Waals surface area (Å²) in [7, 11) is 0. The van der Waals surface area contributed by atoms with Crippen molar-refractivity contribution in [1.29, 1.82) is 0 Å². The van der Waals surface area contributed by atoms with Gasteiger partial charge in [0, 0.05) is 15.5 Å². The second kappa shape index (κ2) is 4.37. The van der Waals surface area contributed by atoms with Gasteiger partial charge in [0.25, 0.3) is 0 Å². The summed E-state index contributed by atoms with van der Waals surface area (Å²) in [5.74, 6) is 0.791. The molecule has 0 aliphatic rings. The summed E-state index contributed by atoms with van der Waals surface area (Å²) >= 11 is 5.07. The van der Waals surface area contributed by atoms with Crippen molar-refractivity contribution in [3.63, 3.8) is 0 Å². The Morgan fingerprint density at radius 1 is 1.39 bits per heavy atom. The smallest absolute Gasteiger partial charge is 0.171 e. The standard InChI is InChI=1S/C12H11BrN4S/c1-2-8-5-9(11(14)18-8)12-16-15-10-4-3-7(13)6-17(10)12/h3-6H,2,14H2,1H3. The summed E-state index contributed by atoms with van der Waals surface area (Å²) in [6, 6.07) is 5.96. The Balaban J connectivity index is 2.24. The average molecular weight is 323 g/mol. The molecule has 0 saturated heterocycles. The van der Waals surface area contributed by atoms with Gasteiger partial charge in [0.05, 0.1) is 10.6 Å². The van der Waals surface area contributed by atoms with Crippen LogP contribution in [0.3, 0.4) is 0 Å². The third-order valence-electron chi connectivity index (χ3n) is 2.77. The minimum atomic E-state index is 0.791. The van der Waals surface area contributed by atoms with Crippen molar-refractivity contribution >= 4 is 37.9 Å². The molecule has 0 unspecified atom stereocenters. The van der Waals surface area contributed by atoms with Crippen LogP contribution in [0.25, 0.3) is 17.0 Å². The van der Waals surface area contributed by atoms with Crippen molar-refractivity contribution < 1.29 is 0 Å². The topological polar surface area (TPSA) is 56.2 Å². The van der Waals surface area contributed by atoms with Gasteiger partial charge in [-0.1, -0.05) is 6.92 Å². The van der Waals surface area contributed by atoms with Gasteiger partial charge in [-0.25, -0.2) is 0 Å². The molecule has 3 heterocycles. The number of pyridine rings is 1. The first-order valence-corrected chi connectivity index (χ1v) is 7.19. The molecule has 0 bridgehead atoms. The van der Waals surface area contributed by atoms with Crippen molar-refractivity contribution in [1.82, 2.24) is 14.6 Å². The SMILES string of the molecule is CCc1cc(-c2nnc3ccc(Br)cn23)c(N)s1. The van der Waals surface area contributed by atoms with E-state index in [1.807, 2.05) is 22.7 Å². The predicted molar refractivity (Wildman–Crippen MR) is 77.8 cm³/mol. The summed E-state index contributed by atoms with van der Waals surface area (Å²) < 4.78 is 2.93. The number of nitrogen functional groups attached to an aromatic ring is 1. The van der Waals surface area contributed by atoms with E-state index >= 15 is 0 Å². The second-order valence-corrected chi connectivity index (χ2v) is 6.03. The van der Waals surface area contributed by atoms with Gasteiger partial charge in [0.2, 0.25) is 0 Å². The lowest BCUT2D eigenvalue weighted by Gasteiger charge is -1.99. The largest absolute Gasteiger partial charge is 0.390 e. The molecule has 0 saturated carbocycles. The first-order chi connectivity index (χ1) is 8.69. The third-order valence-corrected chi connectivity index (χ3v) is 4.35. The third kappa shape index (κ3) is 1.81. The molecular formula is C12H11BrN4S. The van der Waals surface area contributed by atoms with E-state index in [9.17, 15) is 0 Å². The highest BCUT2D eigenvalue weighted by atomic mass is 79.9. The monoisotopic (exact) mass is 322 g/mol. The van der Waals surface area contributed by atoms with Gasteiger partial charge in [0.1, 0.15) is 0 Å². The number of anilines is 1. The fourth-order valence-corrected chi connectivity index (χ4v) is 3.06. The molecule has 3 rings (SSSR count). The molecule has 0 radical (unpaired) electrons. The molecule has 2 N–H and O–H groups in total. The first-order valence-electron chi connectivity index (χ1n) is 5.58. The maximum atomic E-state index is 6.06. The lowest BCUT2D eigenvalue weighted by molar-refractivity contribution is 1.11.